The van der Waals surface area contributed by atoms with Crippen molar-refractivity contribution in [2.45, 2.75) is 11.3 Å². The fourth-order valence-electron chi connectivity index (χ4n) is 1.67. The largest absolute Gasteiger partial charge is 0.337 e. The third-order valence-electron chi connectivity index (χ3n) is 2.76. The average Bonchev–Trinajstić information content (AvgIpc) is 2.56. The van der Waals surface area contributed by atoms with Crippen molar-refractivity contribution in [2.75, 3.05) is 11.1 Å². The maximum absolute atomic E-state index is 12.7. The molecule has 0 aliphatic rings. The Morgan fingerprint density at radius 2 is 1.65 bits per heavy atom. The summed E-state index contributed by atoms with van der Waals surface area (Å²) in [5, 5.41) is 2.58. The summed E-state index contributed by atoms with van der Waals surface area (Å²) in [6.45, 7) is 0. The number of carbonyl (C=O) groups is 2. The SMILES string of the molecule is O=C(CCSc1ccc(F)cc1)NNC(=O)Nc1ccccc1. The Kier molecular flexibility index (Phi) is 6.43. The van der Waals surface area contributed by atoms with Gasteiger partial charge in [-0.15, -0.1) is 11.8 Å². The summed E-state index contributed by atoms with van der Waals surface area (Å²) in [4.78, 5) is 24.1. The van der Waals surface area contributed by atoms with E-state index < -0.39 is 6.03 Å². The van der Waals surface area contributed by atoms with Gasteiger partial charge in [-0.2, -0.15) is 0 Å². The zero-order chi connectivity index (χ0) is 16.5. The molecule has 23 heavy (non-hydrogen) atoms. The van der Waals surface area contributed by atoms with Crippen LogP contribution < -0.4 is 16.2 Å². The highest BCUT2D eigenvalue weighted by molar-refractivity contribution is 7.99. The predicted octanol–water partition coefficient (Wildman–Crippen LogP) is 3.16. The normalized spacial score (nSPS) is 9.96. The Balaban J connectivity index is 1.63. The maximum atomic E-state index is 12.7. The van der Waals surface area contributed by atoms with Gasteiger partial charge in [0.2, 0.25) is 5.91 Å². The van der Waals surface area contributed by atoms with Gasteiger partial charge in [-0.05, 0) is 36.4 Å². The second-order valence-corrected chi connectivity index (χ2v) is 5.71. The van der Waals surface area contributed by atoms with Gasteiger partial charge >= 0.3 is 6.03 Å². The summed E-state index contributed by atoms with van der Waals surface area (Å²) in [5.41, 5.74) is 5.23. The number of anilines is 1. The molecule has 0 aliphatic heterocycles. The number of rotatable bonds is 5. The lowest BCUT2D eigenvalue weighted by Crippen LogP contribution is -2.44. The lowest BCUT2D eigenvalue weighted by atomic mass is 10.3. The number of hydrogen-bond acceptors (Lipinski definition) is 3. The number of hydrazine groups is 1. The first-order valence-electron chi connectivity index (χ1n) is 6.93. The van der Waals surface area contributed by atoms with Crippen LogP contribution in [0.3, 0.4) is 0 Å². The van der Waals surface area contributed by atoms with Crippen LogP contribution >= 0.6 is 11.8 Å². The van der Waals surface area contributed by atoms with Gasteiger partial charge in [-0.3, -0.25) is 10.2 Å². The van der Waals surface area contributed by atoms with E-state index in [9.17, 15) is 14.0 Å². The van der Waals surface area contributed by atoms with Gasteiger partial charge in [0.15, 0.2) is 0 Å². The van der Waals surface area contributed by atoms with E-state index in [-0.39, 0.29) is 18.1 Å². The lowest BCUT2D eigenvalue weighted by Gasteiger charge is -2.08. The van der Waals surface area contributed by atoms with Gasteiger partial charge in [0, 0.05) is 22.8 Å². The standard InChI is InChI=1S/C16H16FN3O2S/c17-12-6-8-14(9-7-12)23-11-10-15(21)19-20-16(22)18-13-4-2-1-3-5-13/h1-9H,10-11H2,(H,19,21)(H2,18,20,22). The molecule has 0 aliphatic carbocycles. The van der Waals surface area contributed by atoms with Crippen molar-refractivity contribution >= 4 is 29.4 Å². The van der Waals surface area contributed by atoms with Crippen molar-refractivity contribution in [3.63, 3.8) is 0 Å². The van der Waals surface area contributed by atoms with Crippen molar-refractivity contribution < 1.29 is 14.0 Å². The molecule has 0 spiro atoms. The van der Waals surface area contributed by atoms with Crippen molar-refractivity contribution in [3.05, 3.63) is 60.4 Å². The molecule has 2 aromatic carbocycles. The van der Waals surface area contributed by atoms with Crippen molar-refractivity contribution in [2.24, 2.45) is 0 Å². The highest BCUT2D eigenvalue weighted by Crippen LogP contribution is 2.18. The van der Waals surface area contributed by atoms with Gasteiger partial charge in [0.25, 0.3) is 0 Å². The van der Waals surface area contributed by atoms with Crippen molar-refractivity contribution in [1.82, 2.24) is 10.9 Å². The zero-order valence-electron chi connectivity index (χ0n) is 12.2. The maximum Gasteiger partial charge on any atom is 0.337 e. The van der Waals surface area contributed by atoms with E-state index in [4.69, 9.17) is 0 Å². The third-order valence-corrected chi connectivity index (χ3v) is 3.77. The Labute approximate surface area is 137 Å². The molecule has 5 nitrogen and oxygen atoms in total. The molecule has 7 heteroatoms. The smallest absolute Gasteiger partial charge is 0.307 e. The molecule has 2 aromatic rings. The van der Waals surface area contributed by atoms with E-state index in [1.165, 1.54) is 23.9 Å². The molecule has 0 radical (unpaired) electrons. The Hall–Kier alpha value is -2.54. The molecule has 120 valence electrons. The molecule has 0 unspecified atom stereocenters. The lowest BCUT2D eigenvalue weighted by molar-refractivity contribution is -0.121. The first kappa shape index (κ1) is 16.8. The van der Waals surface area contributed by atoms with Crippen LogP contribution in [0.1, 0.15) is 6.42 Å². The highest BCUT2D eigenvalue weighted by atomic mass is 32.2. The van der Waals surface area contributed by atoms with Crippen LogP contribution in [0.2, 0.25) is 0 Å². The summed E-state index contributed by atoms with van der Waals surface area (Å²) in [5.74, 6) is -0.0667. The number of nitrogens with one attached hydrogen (secondary N) is 3. The molecule has 0 saturated heterocycles. The highest BCUT2D eigenvalue weighted by Gasteiger charge is 2.05. The second kappa shape index (κ2) is 8.79. The summed E-state index contributed by atoms with van der Waals surface area (Å²) >= 11 is 1.44. The minimum atomic E-state index is -0.518. The predicted molar refractivity (Wildman–Crippen MR) is 88.5 cm³/mol. The fraction of sp³-hybridized carbons (Fsp3) is 0.125. The van der Waals surface area contributed by atoms with Gasteiger partial charge in [-0.25, -0.2) is 14.6 Å². The average molecular weight is 333 g/mol. The quantitative estimate of drug-likeness (QED) is 0.581. The van der Waals surface area contributed by atoms with Gasteiger partial charge in [-0.1, -0.05) is 18.2 Å². The van der Waals surface area contributed by atoms with Crippen LogP contribution in [-0.4, -0.2) is 17.7 Å². The number of halogens is 1. The van der Waals surface area contributed by atoms with E-state index in [0.29, 0.717) is 11.4 Å². The molecule has 0 fully saturated rings. The summed E-state index contributed by atoms with van der Waals surface area (Å²) in [7, 11) is 0. The number of thioether (sulfide) groups is 1. The zero-order valence-corrected chi connectivity index (χ0v) is 13.0. The fourth-order valence-corrected chi connectivity index (χ4v) is 2.52. The molecule has 0 saturated carbocycles. The van der Waals surface area contributed by atoms with Crippen LogP contribution in [0.4, 0.5) is 14.9 Å². The van der Waals surface area contributed by atoms with Crippen LogP contribution in [-0.2, 0) is 4.79 Å². The minimum Gasteiger partial charge on any atom is -0.307 e. The molecule has 0 bridgehead atoms. The molecular weight excluding hydrogens is 317 g/mol. The molecular formula is C16H16FN3O2S. The number of carbonyl (C=O) groups excluding carboxylic acids is 2. The van der Waals surface area contributed by atoms with Crippen molar-refractivity contribution in [1.29, 1.82) is 0 Å². The van der Waals surface area contributed by atoms with Crippen molar-refractivity contribution in [3.8, 4) is 0 Å². The number of amides is 3. The summed E-state index contributed by atoms with van der Waals surface area (Å²) in [6, 6.07) is 14.4. The molecule has 0 atom stereocenters. The molecule has 0 aromatic heterocycles. The Morgan fingerprint density at radius 1 is 0.957 bits per heavy atom. The molecule has 3 amide bonds. The number of urea groups is 1. The summed E-state index contributed by atoms with van der Waals surface area (Å²) < 4.78 is 12.7. The van der Waals surface area contributed by atoms with Crippen LogP contribution in [0.5, 0.6) is 0 Å². The van der Waals surface area contributed by atoms with Crippen LogP contribution in [0.15, 0.2) is 59.5 Å². The third kappa shape index (κ3) is 6.39. The van der Waals surface area contributed by atoms with E-state index in [0.717, 1.165) is 4.90 Å². The second-order valence-electron chi connectivity index (χ2n) is 4.55. The van der Waals surface area contributed by atoms with E-state index in [1.807, 2.05) is 6.07 Å². The minimum absolute atomic E-state index is 0.230. The number of para-hydroxylation sites is 1. The monoisotopic (exact) mass is 333 g/mol. The van der Waals surface area contributed by atoms with Gasteiger partial charge < -0.3 is 5.32 Å². The van der Waals surface area contributed by atoms with Gasteiger partial charge in [0.1, 0.15) is 5.82 Å². The topological polar surface area (TPSA) is 70.2 Å². The molecule has 0 heterocycles. The number of hydrogen-bond donors (Lipinski definition) is 3. The van der Waals surface area contributed by atoms with Crippen LogP contribution in [0.25, 0.3) is 0 Å². The number of benzene rings is 2. The molecule has 3 N–H and O–H groups in total. The first-order chi connectivity index (χ1) is 11.1. The Bertz CT molecular complexity index is 650. The van der Waals surface area contributed by atoms with E-state index in [1.54, 1.807) is 36.4 Å². The molecule has 2 rings (SSSR count). The summed E-state index contributed by atoms with van der Waals surface area (Å²) in [6.07, 6.45) is 0.230. The van der Waals surface area contributed by atoms with E-state index >= 15 is 0 Å². The van der Waals surface area contributed by atoms with Gasteiger partial charge in [0.05, 0.1) is 0 Å². The Morgan fingerprint density at radius 3 is 2.35 bits per heavy atom. The first-order valence-corrected chi connectivity index (χ1v) is 7.91. The van der Waals surface area contributed by atoms with E-state index in [2.05, 4.69) is 16.2 Å². The van der Waals surface area contributed by atoms with Crippen LogP contribution in [0, 0.1) is 5.82 Å².